The monoisotopic (exact) mass is 520 g/mol. The highest BCUT2D eigenvalue weighted by Crippen LogP contribution is 2.45. The zero-order chi connectivity index (χ0) is 27.0. The molecule has 2 aliphatic carbocycles. The maximum atomic E-state index is 13.6. The lowest BCUT2D eigenvalue weighted by atomic mass is 9.98. The summed E-state index contributed by atoms with van der Waals surface area (Å²) in [4.78, 5) is 41.2. The Morgan fingerprint density at radius 2 is 1.66 bits per heavy atom. The van der Waals surface area contributed by atoms with Crippen molar-refractivity contribution in [2.45, 2.75) is 57.6 Å². The van der Waals surface area contributed by atoms with Crippen molar-refractivity contribution in [3.63, 3.8) is 0 Å². The molecule has 1 saturated heterocycles. The number of hydrogen-bond acceptors (Lipinski definition) is 5. The Kier molecular flexibility index (Phi) is 7.07. The molecule has 3 aliphatic rings. The second-order valence-corrected chi connectivity index (χ2v) is 11.6. The SMILES string of the molecule is CC(C)(C)OC(=O)N1CCCC(N(C[C@H]2C[C@H]2C(=O)O)C(=O)OCC2c3ccccc3-c3ccccc32)C1. The number of likely N-dealkylation sites (tertiary alicyclic amines) is 1. The van der Waals surface area contributed by atoms with Crippen LogP contribution in [0.2, 0.25) is 0 Å². The predicted molar refractivity (Wildman–Crippen MR) is 142 cm³/mol. The molecule has 2 amide bonds. The van der Waals surface area contributed by atoms with E-state index in [0.717, 1.165) is 28.7 Å². The zero-order valence-corrected chi connectivity index (χ0v) is 22.3. The fourth-order valence-corrected chi connectivity index (χ4v) is 5.76. The molecular formula is C30H36N2O6. The van der Waals surface area contributed by atoms with E-state index < -0.39 is 29.7 Å². The Labute approximate surface area is 223 Å². The van der Waals surface area contributed by atoms with Crippen molar-refractivity contribution < 1.29 is 29.0 Å². The Balaban J connectivity index is 1.31. The summed E-state index contributed by atoms with van der Waals surface area (Å²) in [5.74, 6) is -1.44. The van der Waals surface area contributed by atoms with Crippen molar-refractivity contribution in [3.8, 4) is 11.1 Å². The van der Waals surface area contributed by atoms with Crippen molar-refractivity contribution in [2.24, 2.45) is 11.8 Å². The van der Waals surface area contributed by atoms with Crippen LogP contribution in [-0.4, -0.2) is 70.9 Å². The van der Waals surface area contributed by atoms with E-state index in [1.165, 1.54) is 0 Å². The van der Waals surface area contributed by atoms with Crippen LogP contribution < -0.4 is 0 Å². The van der Waals surface area contributed by atoms with E-state index in [4.69, 9.17) is 9.47 Å². The minimum Gasteiger partial charge on any atom is -0.481 e. The van der Waals surface area contributed by atoms with Gasteiger partial charge in [-0.2, -0.15) is 0 Å². The quantitative estimate of drug-likeness (QED) is 0.551. The van der Waals surface area contributed by atoms with Gasteiger partial charge in [0.25, 0.3) is 0 Å². The average molecular weight is 521 g/mol. The molecule has 1 heterocycles. The smallest absolute Gasteiger partial charge is 0.410 e. The lowest BCUT2D eigenvalue weighted by Gasteiger charge is -2.39. The van der Waals surface area contributed by atoms with E-state index in [-0.39, 0.29) is 24.5 Å². The Bertz CT molecular complexity index is 1180. The van der Waals surface area contributed by atoms with Gasteiger partial charge in [-0.1, -0.05) is 48.5 Å². The number of rotatable bonds is 6. The van der Waals surface area contributed by atoms with Gasteiger partial charge in [0.05, 0.1) is 12.0 Å². The standard InChI is InChI=1S/C30H36N2O6/c1-30(2,3)38-28(35)31-14-8-9-20(17-31)32(16-19-15-25(19)27(33)34)29(36)37-18-26-23-12-6-4-10-21(23)22-11-5-7-13-24(22)26/h4-7,10-13,19-20,25-26H,8-9,14-18H2,1-3H3,(H,33,34)/t19-,20?,25-/m1/s1. The maximum Gasteiger partial charge on any atom is 0.410 e. The summed E-state index contributed by atoms with van der Waals surface area (Å²) in [5.41, 5.74) is 3.97. The number of carbonyl (C=O) groups is 3. The largest absolute Gasteiger partial charge is 0.481 e. The number of ether oxygens (including phenoxy) is 2. The van der Waals surface area contributed by atoms with Crippen molar-refractivity contribution in [1.29, 1.82) is 0 Å². The molecule has 38 heavy (non-hydrogen) atoms. The van der Waals surface area contributed by atoms with Crippen molar-refractivity contribution >= 4 is 18.2 Å². The van der Waals surface area contributed by atoms with E-state index in [0.29, 0.717) is 32.5 Å². The summed E-state index contributed by atoms with van der Waals surface area (Å²) in [6.45, 7) is 6.88. The summed E-state index contributed by atoms with van der Waals surface area (Å²) in [6, 6.07) is 16.1. The molecule has 5 rings (SSSR count). The van der Waals surface area contributed by atoms with E-state index in [1.54, 1.807) is 9.80 Å². The number of fused-ring (bicyclic) bond motifs is 3. The molecule has 1 unspecified atom stereocenters. The second-order valence-electron chi connectivity index (χ2n) is 11.6. The van der Waals surface area contributed by atoms with Gasteiger partial charge < -0.3 is 24.4 Å². The van der Waals surface area contributed by atoms with Crippen LogP contribution >= 0.6 is 0 Å². The van der Waals surface area contributed by atoms with Crippen LogP contribution in [0.1, 0.15) is 57.1 Å². The van der Waals surface area contributed by atoms with Crippen LogP contribution in [0.25, 0.3) is 11.1 Å². The van der Waals surface area contributed by atoms with Gasteiger partial charge in [-0.3, -0.25) is 4.79 Å². The van der Waals surface area contributed by atoms with Gasteiger partial charge in [-0.25, -0.2) is 9.59 Å². The number of amides is 2. The number of piperidine rings is 1. The molecular weight excluding hydrogens is 484 g/mol. The molecule has 2 aromatic carbocycles. The third-order valence-electron chi connectivity index (χ3n) is 7.73. The molecule has 8 heteroatoms. The van der Waals surface area contributed by atoms with Crippen LogP contribution in [0.3, 0.4) is 0 Å². The molecule has 1 N–H and O–H groups in total. The van der Waals surface area contributed by atoms with Gasteiger partial charge >= 0.3 is 18.2 Å². The number of hydrogen-bond donors (Lipinski definition) is 1. The molecule has 8 nitrogen and oxygen atoms in total. The molecule has 0 aromatic heterocycles. The van der Waals surface area contributed by atoms with Crippen LogP contribution in [-0.2, 0) is 14.3 Å². The summed E-state index contributed by atoms with van der Waals surface area (Å²) in [5, 5.41) is 9.44. The van der Waals surface area contributed by atoms with Gasteiger partial charge in [0.15, 0.2) is 0 Å². The van der Waals surface area contributed by atoms with Crippen molar-refractivity contribution in [3.05, 3.63) is 59.7 Å². The Hall–Kier alpha value is -3.55. The van der Waals surface area contributed by atoms with E-state index in [1.807, 2.05) is 45.0 Å². The number of carboxylic acid groups (broad SMARTS) is 1. The number of carbonyl (C=O) groups excluding carboxylic acids is 2. The number of aliphatic carboxylic acids is 1. The highest BCUT2D eigenvalue weighted by atomic mass is 16.6. The number of nitrogens with zero attached hydrogens (tertiary/aromatic N) is 2. The van der Waals surface area contributed by atoms with E-state index in [9.17, 15) is 19.5 Å². The van der Waals surface area contributed by atoms with Gasteiger partial charge in [0.1, 0.15) is 12.2 Å². The summed E-state index contributed by atoms with van der Waals surface area (Å²) in [6.07, 6.45) is 1.13. The zero-order valence-electron chi connectivity index (χ0n) is 22.3. The Morgan fingerprint density at radius 3 is 2.24 bits per heavy atom. The third kappa shape index (κ3) is 5.49. The summed E-state index contributed by atoms with van der Waals surface area (Å²) < 4.78 is 11.5. The maximum absolute atomic E-state index is 13.6. The average Bonchev–Trinajstić information content (AvgIpc) is 3.60. The first-order chi connectivity index (χ1) is 18.1. The van der Waals surface area contributed by atoms with Crippen LogP contribution in [0.4, 0.5) is 9.59 Å². The van der Waals surface area contributed by atoms with Gasteiger partial charge in [-0.15, -0.1) is 0 Å². The molecule has 1 saturated carbocycles. The van der Waals surface area contributed by atoms with Crippen molar-refractivity contribution in [2.75, 3.05) is 26.2 Å². The Morgan fingerprint density at radius 1 is 1.03 bits per heavy atom. The minimum atomic E-state index is -0.832. The normalized spacial score (nSPS) is 22.3. The first kappa shape index (κ1) is 26.1. The lowest BCUT2D eigenvalue weighted by molar-refractivity contribution is -0.138. The molecule has 2 aromatic rings. The van der Waals surface area contributed by atoms with Crippen LogP contribution in [0, 0.1) is 11.8 Å². The van der Waals surface area contributed by atoms with E-state index in [2.05, 4.69) is 24.3 Å². The number of benzene rings is 2. The fourth-order valence-electron chi connectivity index (χ4n) is 5.76. The predicted octanol–water partition coefficient (Wildman–Crippen LogP) is 5.36. The fraction of sp³-hybridized carbons (Fsp3) is 0.500. The molecule has 0 radical (unpaired) electrons. The van der Waals surface area contributed by atoms with Gasteiger partial charge in [0.2, 0.25) is 0 Å². The second kappa shape index (κ2) is 10.3. The van der Waals surface area contributed by atoms with Crippen LogP contribution in [0.15, 0.2) is 48.5 Å². The van der Waals surface area contributed by atoms with Crippen LogP contribution in [0.5, 0.6) is 0 Å². The third-order valence-corrected chi connectivity index (χ3v) is 7.73. The lowest BCUT2D eigenvalue weighted by Crippen LogP contribution is -2.53. The molecule has 0 bridgehead atoms. The first-order valence-electron chi connectivity index (χ1n) is 13.4. The summed E-state index contributed by atoms with van der Waals surface area (Å²) in [7, 11) is 0. The minimum absolute atomic E-state index is 0.0643. The highest BCUT2D eigenvalue weighted by molar-refractivity contribution is 5.79. The molecule has 2 fully saturated rings. The molecule has 202 valence electrons. The highest BCUT2D eigenvalue weighted by Gasteiger charge is 2.46. The van der Waals surface area contributed by atoms with Crippen molar-refractivity contribution in [1.82, 2.24) is 9.80 Å². The van der Waals surface area contributed by atoms with Gasteiger partial charge in [0, 0.05) is 25.6 Å². The first-order valence-corrected chi connectivity index (χ1v) is 13.4. The van der Waals surface area contributed by atoms with E-state index >= 15 is 0 Å². The molecule has 3 atom stereocenters. The van der Waals surface area contributed by atoms with Gasteiger partial charge in [-0.05, 0) is 68.2 Å². The number of carboxylic acids is 1. The topological polar surface area (TPSA) is 96.4 Å². The molecule has 1 aliphatic heterocycles. The summed E-state index contributed by atoms with van der Waals surface area (Å²) >= 11 is 0. The molecule has 0 spiro atoms.